The summed E-state index contributed by atoms with van der Waals surface area (Å²) in [5.74, 6) is 0.211. The van der Waals surface area contributed by atoms with Gasteiger partial charge in [0.15, 0.2) is 0 Å². The number of anilines is 1. The van der Waals surface area contributed by atoms with Crippen LogP contribution in [-0.2, 0) is 14.8 Å². The van der Waals surface area contributed by atoms with E-state index < -0.39 is 10.0 Å². The van der Waals surface area contributed by atoms with Gasteiger partial charge in [-0.25, -0.2) is 13.4 Å². The van der Waals surface area contributed by atoms with Gasteiger partial charge >= 0.3 is 0 Å². The summed E-state index contributed by atoms with van der Waals surface area (Å²) in [6, 6.07) is 3.32. The maximum absolute atomic E-state index is 11.6. The van der Waals surface area contributed by atoms with E-state index in [4.69, 9.17) is 4.74 Å². The molecule has 96 valence electrons. The molecule has 0 saturated heterocycles. The molecule has 1 aromatic heterocycles. The quantitative estimate of drug-likeness (QED) is 0.869. The van der Waals surface area contributed by atoms with E-state index in [1.165, 1.54) is 6.20 Å². The zero-order valence-corrected chi connectivity index (χ0v) is 12.1. The topological polar surface area (TPSA) is 68.3 Å². The Morgan fingerprint density at radius 3 is 2.82 bits per heavy atom. The lowest BCUT2D eigenvalue weighted by Crippen LogP contribution is -2.22. The van der Waals surface area contributed by atoms with Crippen molar-refractivity contribution in [1.82, 2.24) is 4.98 Å². The molecule has 0 unspecified atom stereocenters. The number of pyridine rings is 1. The summed E-state index contributed by atoms with van der Waals surface area (Å²) in [5.41, 5.74) is 0. The van der Waals surface area contributed by atoms with Crippen LogP contribution in [0.1, 0.15) is 13.8 Å². The van der Waals surface area contributed by atoms with Crippen LogP contribution in [0.15, 0.2) is 22.8 Å². The molecule has 1 N–H and O–H groups in total. The maximum Gasteiger partial charge on any atom is 0.236 e. The summed E-state index contributed by atoms with van der Waals surface area (Å²) in [7, 11) is -3.41. The minimum atomic E-state index is -3.41. The van der Waals surface area contributed by atoms with Gasteiger partial charge in [0.1, 0.15) is 5.82 Å². The maximum atomic E-state index is 11.6. The predicted octanol–water partition coefficient (Wildman–Crippen LogP) is 2.01. The van der Waals surface area contributed by atoms with Crippen molar-refractivity contribution in [3.05, 3.63) is 22.8 Å². The molecule has 17 heavy (non-hydrogen) atoms. The molecule has 0 spiro atoms. The summed E-state index contributed by atoms with van der Waals surface area (Å²) in [4.78, 5) is 3.91. The van der Waals surface area contributed by atoms with Crippen LogP contribution in [0.3, 0.4) is 0 Å². The van der Waals surface area contributed by atoms with E-state index in [0.29, 0.717) is 5.82 Å². The average Bonchev–Trinajstić information content (AvgIpc) is 2.15. The van der Waals surface area contributed by atoms with Gasteiger partial charge < -0.3 is 4.74 Å². The highest BCUT2D eigenvalue weighted by Crippen LogP contribution is 2.13. The second-order valence-corrected chi connectivity index (χ2v) is 6.46. The van der Waals surface area contributed by atoms with Gasteiger partial charge in [-0.1, -0.05) is 15.9 Å². The molecule has 5 nitrogen and oxygen atoms in total. The first-order valence-corrected chi connectivity index (χ1v) is 7.57. The normalized spacial score (nSPS) is 11.8. The molecule has 0 atom stereocenters. The number of hydrogen-bond acceptors (Lipinski definition) is 4. The van der Waals surface area contributed by atoms with Crippen molar-refractivity contribution in [2.45, 2.75) is 20.0 Å². The van der Waals surface area contributed by atoms with Gasteiger partial charge in [-0.3, -0.25) is 4.72 Å². The van der Waals surface area contributed by atoms with Crippen LogP contribution in [0.25, 0.3) is 0 Å². The Kier molecular flexibility index (Phi) is 5.35. The van der Waals surface area contributed by atoms with E-state index in [-0.39, 0.29) is 18.5 Å². The van der Waals surface area contributed by atoms with Crippen LogP contribution in [0.4, 0.5) is 5.82 Å². The van der Waals surface area contributed by atoms with Gasteiger partial charge in [0.2, 0.25) is 10.0 Å². The highest BCUT2D eigenvalue weighted by molar-refractivity contribution is 9.10. The zero-order valence-electron chi connectivity index (χ0n) is 9.68. The van der Waals surface area contributed by atoms with Gasteiger partial charge in [0.05, 0.1) is 18.5 Å². The molecule has 0 aliphatic heterocycles. The molecule has 0 amide bonds. The van der Waals surface area contributed by atoms with Gasteiger partial charge in [-0.15, -0.1) is 0 Å². The van der Waals surface area contributed by atoms with Crippen molar-refractivity contribution < 1.29 is 13.2 Å². The summed E-state index contributed by atoms with van der Waals surface area (Å²) < 4.78 is 31.6. The summed E-state index contributed by atoms with van der Waals surface area (Å²) >= 11 is 3.24. The number of aromatic nitrogens is 1. The number of halogens is 1. The number of nitrogens with zero attached hydrogens (tertiary/aromatic N) is 1. The van der Waals surface area contributed by atoms with Crippen LogP contribution >= 0.6 is 15.9 Å². The predicted molar refractivity (Wildman–Crippen MR) is 70.4 cm³/mol. The minimum absolute atomic E-state index is 0.0224. The lowest BCUT2D eigenvalue weighted by Gasteiger charge is -2.09. The Hall–Kier alpha value is -0.660. The Labute approximate surface area is 110 Å². The number of nitrogens with one attached hydrogen (secondary N) is 1. The molecule has 0 bridgehead atoms. The van der Waals surface area contributed by atoms with Gasteiger partial charge in [0, 0.05) is 10.7 Å². The second kappa shape index (κ2) is 6.32. The number of hydrogen-bond donors (Lipinski definition) is 1. The smallest absolute Gasteiger partial charge is 0.236 e. The standard InChI is InChI=1S/C10H15BrN2O3S/c1-8(2)16-5-6-17(14,15)13-10-7-9(11)3-4-12-10/h3-4,7-8H,5-6H2,1-2H3,(H,12,13). The van der Waals surface area contributed by atoms with E-state index in [1.807, 2.05) is 13.8 Å². The second-order valence-electron chi connectivity index (χ2n) is 3.70. The summed E-state index contributed by atoms with van der Waals surface area (Å²) in [5, 5.41) is 0. The Bertz CT molecular complexity index is 462. The van der Waals surface area contributed by atoms with Gasteiger partial charge in [-0.2, -0.15) is 0 Å². The van der Waals surface area contributed by atoms with Crippen molar-refractivity contribution in [3.8, 4) is 0 Å². The first-order valence-electron chi connectivity index (χ1n) is 5.13. The third kappa shape index (κ3) is 5.99. The molecular weight excluding hydrogens is 308 g/mol. The van der Waals surface area contributed by atoms with Crippen molar-refractivity contribution in [3.63, 3.8) is 0 Å². The third-order valence-electron chi connectivity index (χ3n) is 1.79. The fraction of sp³-hybridized carbons (Fsp3) is 0.500. The fourth-order valence-electron chi connectivity index (χ4n) is 1.06. The van der Waals surface area contributed by atoms with Crippen molar-refractivity contribution in [2.24, 2.45) is 0 Å². The van der Waals surface area contributed by atoms with Gasteiger partial charge in [0.25, 0.3) is 0 Å². The minimum Gasteiger partial charge on any atom is -0.378 e. The Morgan fingerprint density at radius 1 is 1.53 bits per heavy atom. The molecule has 1 heterocycles. The Morgan fingerprint density at radius 2 is 2.24 bits per heavy atom. The number of rotatable bonds is 6. The van der Waals surface area contributed by atoms with Crippen LogP contribution in [0.2, 0.25) is 0 Å². The van der Waals surface area contributed by atoms with Crippen molar-refractivity contribution >= 4 is 31.8 Å². The van der Waals surface area contributed by atoms with Gasteiger partial charge in [-0.05, 0) is 26.0 Å². The van der Waals surface area contributed by atoms with Crippen LogP contribution in [0.5, 0.6) is 0 Å². The average molecular weight is 323 g/mol. The summed E-state index contributed by atoms with van der Waals surface area (Å²) in [6.07, 6.45) is 1.54. The molecule has 1 aromatic rings. The molecular formula is C10H15BrN2O3S. The highest BCUT2D eigenvalue weighted by atomic mass is 79.9. The lowest BCUT2D eigenvalue weighted by atomic mass is 10.5. The van der Waals surface area contributed by atoms with E-state index >= 15 is 0 Å². The number of ether oxygens (including phenoxy) is 1. The van der Waals surface area contributed by atoms with E-state index in [0.717, 1.165) is 4.47 Å². The number of sulfonamides is 1. The molecule has 0 saturated carbocycles. The zero-order chi connectivity index (χ0) is 12.9. The van der Waals surface area contributed by atoms with Crippen molar-refractivity contribution in [1.29, 1.82) is 0 Å². The van der Waals surface area contributed by atoms with Crippen LogP contribution in [-0.4, -0.2) is 31.9 Å². The van der Waals surface area contributed by atoms with E-state index in [2.05, 4.69) is 25.6 Å². The monoisotopic (exact) mass is 322 g/mol. The lowest BCUT2D eigenvalue weighted by molar-refractivity contribution is 0.0913. The first kappa shape index (κ1) is 14.4. The molecule has 7 heteroatoms. The summed E-state index contributed by atoms with van der Waals surface area (Å²) in [6.45, 7) is 3.88. The largest absolute Gasteiger partial charge is 0.378 e. The molecule has 0 fully saturated rings. The molecule has 0 aliphatic rings. The first-order chi connectivity index (χ1) is 7.89. The SMILES string of the molecule is CC(C)OCCS(=O)(=O)Nc1cc(Br)ccn1. The molecule has 0 radical (unpaired) electrons. The Balaban J connectivity index is 2.55. The van der Waals surface area contributed by atoms with Crippen LogP contribution < -0.4 is 4.72 Å². The molecule has 0 aromatic carbocycles. The van der Waals surface area contributed by atoms with Crippen LogP contribution in [0, 0.1) is 0 Å². The van der Waals surface area contributed by atoms with E-state index in [1.54, 1.807) is 12.1 Å². The third-order valence-corrected chi connectivity index (χ3v) is 3.50. The van der Waals surface area contributed by atoms with Crippen molar-refractivity contribution in [2.75, 3.05) is 17.1 Å². The molecule has 1 rings (SSSR count). The fourth-order valence-corrected chi connectivity index (χ4v) is 2.25. The van der Waals surface area contributed by atoms with E-state index in [9.17, 15) is 8.42 Å². The molecule has 0 aliphatic carbocycles. The highest BCUT2D eigenvalue weighted by Gasteiger charge is 2.11.